The molecule has 2 aliphatic carbocycles. The molecule has 0 aromatic heterocycles. The summed E-state index contributed by atoms with van der Waals surface area (Å²) in [6, 6.07) is 0. The van der Waals surface area contributed by atoms with Crippen LogP contribution in [0.1, 0.15) is 71.1 Å². The van der Waals surface area contributed by atoms with Gasteiger partial charge in [0.05, 0.1) is 12.2 Å². The molecule has 19 heavy (non-hydrogen) atoms. The van der Waals surface area contributed by atoms with Crippen LogP contribution in [0, 0.1) is 0 Å². The molecule has 1 unspecified atom stereocenters. The molecule has 2 rings (SSSR count). The largest absolute Gasteiger partial charge is 0.496 e. The van der Waals surface area contributed by atoms with Gasteiger partial charge in [-0.3, -0.25) is 0 Å². The maximum Gasteiger partial charge on any atom is 0.496 e. The summed E-state index contributed by atoms with van der Waals surface area (Å²) in [5.74, 6) is 0. The molecule has 0 radical (unpaired) electrons. The van der Waals surface area contributed by atoms with Crippen LogP contribution in [0.25, 0.3) is 0 Å². The average molecular weight is 288 g/mol. The lowest BCUT2D eigenvalue weighted by molar-refractivity contribution is -0.223. The standard InChI is InChI=1S/C14H27NO3P/c1-14(19(15)16,17-12-8-4-2-5-9-12)18-13-10-6-3-7-11-13/h12-13H,2-11H2,1H3,(H2,15,16)/q+1. The summed E-state index contributed by atoms with van der Waals surface area (Å²) < 4.78 is 23.9. The van der Waals surface area contributed by atoms with Gasteiger partial charge in [-0.05, 0) is 30.2 Å². The van der Waals surface area contributed by atoms with Crippen molar-refractivity contribution in [3.63, 3.8) is 0 Å². The fourth-order valence-electron chi connectivity index (χ4n) is 3.12. The van der Waals surface area contributed by atoms with Crippen molar-refractivity contribution in [2.45, 2.75) is 88.9 Å². The second kappa shape index (κ2) is 7.12. The summed E-state index contributed by atoms with van der Waals surface area (Å²) in [4.78, 5) is 0. The SMILES string of the molecule is CC(OC1CCCCC1)(OC1CCCCC1)[P+](N)=O. The Kier molecular flexibility index (Phi) is 5.76. The minimum absolute atomic E-state index is 0.157. The van der Waals surface area contributed by atoms with E-state index < -0.39 is 13.5 Å². The van der Waals surface area contributed by atoms with Crippen molar-refractivity contribution < 1.29 is 14.0 Å². The van der Waals surface area contributed by atoms with E-state index in [-0.39, 0.29) is 12.2 Å². The molecule has 0 spiro atoms. The Morgan fingerprint density at radius 1 is 0.895 bits per heavy atom. The lowest BCUT2D eigenvalue weighted by Crippen LogP contribution is -2.39. The zero-order valence-electron chi connectivity index (χ0n) is 12.0. The van der Waals surface area contributed by atoms with Crippen molar-refractivity contribution >= 4 is 7.95 Å². The van der Waals surface area contributed by atoms with Crippen molar-refractivity contribution in [2.24, 2.45) is 5.50 Å². The third-order valence-corrected chi connectivity index (χ3v) is 5.29. The topological polar surface area (TPSA) is 61.6 Å². The first-order valence-corrected chi connectivity index (χ1v) is 9.01. The minimum atomic E-state index is -1.99. The molecule has 0 amide bonds. The van der Waals surface area contributed by atoms with Gasteiger partial charge in [0.15, 0.2) is 0 Å². The van der Waals surface area contributed by atoms with Gasteiger partial charge in [-0.15, -0.1) is 5.50 Å². The van der Waals surface area contributed by atoms with Crippen LogP contribution in [0.4, 0.5) is 0 Å². The normalized spacial score (nSPS) is 24.4. The molecule has 110 valence electrons. The molecule has 0 aromatic rings. The summed E-state index contributed by atoms with van der Waals surface area (Å²) in [5, 5.41) is 0. The van der Waals surface area contributed by atoms with E-state index in [0.29, 0.717) is 0 Å². The lowest BCUT2D eigenvalue weighted by atomic mass is 9.97. The first-order chi connectivity index (χ1) is 9.10. The lowest BCUT2D eigenvalue weighted by Gasteiger charge is -2.31. The highest BCUT2D eigenvalue weighted by Gasteiger charge is 2.49. The second-order valence-corrected chi connectivity index (χ2v) is 7.44. The van der Waals surface area contributed by atoms with Crippen molar-refractivity contribution in [3.8, 4) is 0 Å². The molecule has 5 heteroatoms. The molecule has 0 bridgehead atoms. The molecule has 0 aliphatic heterocycles. The fraction of sp³-hybridized carbons (Fsp3) is 1.00. The molecular weight excluding hydrogens is 261 g/mol. The van der Waals surface area contributed by atoms with Gasteiger partial charge in [0, 0.05) is 6.92 Å². The maximum absolute atomic E-state index is 11.9. The first kappa shape index (κ1) is 15.4. The van der Waals surface area contributed by atoms with Gasteiger partial charge in [-0.2, -0.15) is 0 Å². The van der Waals surface area contributed by atoms with Crippen LogP contribution < -0.4 is 5.50 Å². The highest BCUT2D eigenvalue weighted by atomic mass is 31.1. The van der Waals surface area contributed by atoms with Crippen molar-refractivity contribution in [1.82, 2.24) is 0 Å². The molecule has 2 saturated carbocycles. The number of rotatable bonds is 5. The van der Waals surface area contributed by atoms with E-state index in [1.807, 2.05) is 0 Å². The molecule has 2 N–H and O–H groups in total. The number of hydrogen-bond donors (Lipinski definition) is 1. The van der Waals surface area contributed by atoms with Crippen molar-refractivity contribution in [1.29, 1.82) is 0 Å². The summed E-state index contributed by atoms with van der Waals surface area (Å²) >= 11 is 0. The van der Waals surface area contributed by atoms with Gasteiger partial charge in [-0.1, -0.05) is 38.5 Å². The number of hydrogen-bond acceptors (Lipinski definition) is 3. The van der Waals surface area contributed by atoms with E-state index in [1.165, 1.54) is 38.5 Å². The van der Waals surface area contributed by atoms with Crippen LogP contribution in [0.2, 0.25) is 0 Å². The monoisotopic (exact) mass is 288 g/mol. The Morgan fingerprint density at radius 3 is 1.58 bits per heavy atom. The Morgan fingerprint density at radius 2 is 1.26 bits per heavy atom. The van der Waals surface area contributed by atoms with Gasteiger partial charge in [-0.25, -0.2) is 0 Å². The Balaban J connectivity index is 1.93. The third kappa shape index (κ3) is 4.49. The zero-order chi connectivity index (χ0) is 13.7. The quantitative estimate of drug-likeness (QED) is 0.612. The molecule has 4 nitrogen and oxygen atoms in total. The smallest absolute Gasteiger partial charge is 0.306 e. The van der Waals surface area contributed by atoms with Crippen LogP contribution in [-0.4, -0.2) is 17.7 Å². The average Bonchev–Trinajstić information content (AvgIpc) is 2.40. The van der Waals surface area contributed by atoms with E-state index in [4.69, 9.17) is 15.0 Å². The Bertz CT molecular complexity index is 279. The van der Waals surface area contributed by atoms with Crippen LogP contribution in [-0.2, 0) is 14.0 Å². The van der Waals surface area contributed by atoms with Crippen LogP contribution in [0.5, 0.6) is 0 Å². The molecular formula is C14H27NO3P+. The molecule has 1 atom stereocenters. The summed E-state index contributed by atoms with van der Waals surface area (Å²) in [7, 11) is -1.99. The van der Waals surface area contributed by atoms with Gasteiger partial charge >= 0.3 is 13.5 Å². The van der Waals surface area contributed by atoms with Gasteiger partial charge in [0.1, 0.15) is 0 Å². The summed E-state index contributed by atoms with van der Waals surface area (Å²) in [5.41, 5.74) is 4.57. The van der Waals surface area contributed by atoms with E-state index >= 15 is 0 Å². The summed E-state index contributed by atoms with van der Waals surface area (Å²) in [6.07, 6.45) is 11.7. The minimum Gasteiger partial charge on any atom is -0.306 e. The van der Waals surface area contributed by atoms with E-state index in [0.717, 1.165) is 25.7 Å². The third-order valence-electron chi connectivity index (χ3n) is 4.28. The van der Waals surface area contributed by atoms with E-state index in [1.54, 1.807) is 6.92 Å². The fourth-order valence-corrected chi connectivity index (χ4v) is 3.62. The van der Waals surface area contributed by atoms with Crippen LogP contribution in [0.15, 0.2) is 0 Å². The number of ether oxygens (including phenoxy) is 2. The molecule has 0 heterocycles. The van der Waals surface area contributed by atoms with E-state index in [9.17, 15) is 4.57 Å². The van der Waals surface area contributed by atoms with Crippen LogP contribution >= 0.6 is 7.95 Å². The second-order valence-electron chi connectivity index (χ2n) is 5.98. The molecule has 2 aliphatic rings. The molecule has 0 saturated heterocycles. The zero-order valence-corrected chi connectivity index (χ0v) is 12.9. The highest BCUT2D eigenvalue weighted by molar-refractivity contribution is 7.43. The molecule has 0 aromatic carbocycles. The predicted octanol–water partition coefficient (Wildman–Crippen LogP) is 4.06. The van der Waals surface area contributed by atoms with Gasteiger partial charge in [0.2, 0.25) is 0 Å². The highest BCUT2D eigenvalue weighted by Crippen LogP contribution is 2.40. The maximum atomic E-state index is 11.9. The van der Waals surface area contributed by atoms with Crippen molar-refractivity contribution in [2.75, 3.05) is 0 Å². The van der Waals surface area contributed by atoms with E-state index in [2.05, 4.69) is 0 Å². The summed E-state index contributed by atoms with van der Waals surface area (Å²) in [6.45, 7) is 1.76. The van der Waals surface area contributed by atoms with Crippen LogP contribution in [0.3, 0.4) is 0 Å². The Hall–Kier alpha value is -0.0200. The molecule has 2 fully saturated rings. The first-order valence-electron chi connectivity index (χ1n) is 7.68. The Labute approximate surface area is 117 Å². The van der Waals surface area contributed by atoms with Gasteiger partial charge < -0.3 is 9.47 Å². The van der Waals surface area contributed by atoms with Gasteiger partial charge in [0.25, 0.3) is 0 Å². The van der Waals surface area contributed by atoms with Crippen molar-refractivity contribution in [3.05, 3.63) is 0 Å². The number of nitrogens with two attached hydrogens (primary N) is 1. The predicted molar refractivity (Wildman–Crippen MR) is 76.1 cm³/mol.